The van der Waals surface area contributed by atoms with Crippen molar-refractivity contribution < 1.29 is 9.59 Å². The average molecular weight is 323 g/mol. The van der Waals surface area contributed by atoms with Crippen LogP contribution in [0.25, 0.3) is 0 Å². The van der Waals surface area contributed by atoms with Crippen molar-refractivity contribution >= 4 is 11.9 Å². The number of hydrogen-bond acceptors (Lipinski definition) is 2. The minimum absolute atomic E-state index is 0.0627. The molecule has 132 valence electrons. The van der Waals surface area contributed by atoms with Gasteiger partial charge in [0.05, 0.1) is 0 Å². The summed E-state index contributed by atoms with van der Waals surface area (Å²) in [7, 11) is 0. The van der Waals surface area contributed by atoms with E-state index >= 15 is 0 Å². The van der Waals surface area contributed by atoms with E-state index < -0.39 is 0 Å². The zero-order valence-corrected chi connectivity index (χ0v) is 15.3. The fraction of sp³-hybridized carbons (Fsp3) is 0.889. The smallest absolute Gasteiger partial charge is 0.315 e. The van der Waals surface area contributed by atoms with Crippen molar-refractivity contribution in [1.82, 2.24) is 16.0 Å². The van der Waals surface area contributed by atoms with Gasteiger partial charge in [-0.2, -0.15) is 0 Å². The molecule has 0 aromatic carbocycles. The molecule has 0 heterocycles. The molecule has 2 atom stereocenters. The quantitative estimate of drug-likeness (QED) is 0.674. The molecule has 3 N–H and O–H groups in total. The van der Waals surface area contributed by atoms with Crippen LogP contribution >= 0.6 is 0 Å². The van der Waals surface area contributed by atoms with Gasteiger partial charge >= 0.3 is 6.03 Å². The first-order valence-corrected chi connectivity index (χ1v) is 8.88. The van der Waals surface area contributed by atoms with Gasteiger partial charge < -0.3 is 16.0 Å². The SMILES string of the molecule is CC(C)(C)CNC(=O)NC1CC1CC(C)(C)CNC(=O)C1CC1. The first kappa shape index (κ1) is 18.1. The van der Waals surface area contributed by atoms with E-state index in [1.807, 2.05) is 0 Å². The summed E-state index contributed by atoms with van der Waals surface area (Å²) in [6.07, 6.45) is 4.17. The lowest BCUT2D eigenvalue weighted by Crippen LogP contribution is -2.41. The van der Waals surface area contributed by atoms with E-state index in [1.54, 1.807) is 0 Å². The topological polar surface area (TPSA) is 70.2 Å². The summed E-state index contributed by atoms with van der Waals surface area (Å²) in [6, 6.07) is 0.223. The Kier molecular flexibility index (Phi) is 5.27. The van der Waals surface area contributed by atoms with Crippen molar-refractivity contribution in [3.05, 3.63) is 0 Å². The highest BCUT2D eigenvalue weighted by atomic mass is 16.2. The summed E-state index contributed by atoms with van der Waals surface area (Å²) in [4.78, 5) is 23.6. The molecule has 2 aliphatic carbocycles. The molecule has 2 aliphatic rings. The van der Waals surface area contributed by atoms with Crippen molar-refractivity contribution in [3.63, 3.8) is 0 Å². The number of rotatable bonds is 7. The summed E-state index contributed by atoms with van der Waals surface area (Å²) < 4.78 is 0. The Morgan fingerprint density at radius 1 is 1.00 bits per heavy atom. The fourth-order valence-electron chi connectivity index (χ4n) is 2.81. The van der Waals surface area contributed by atoms with Gasteiger partial charge in [0, 0.05) is 25.0 Å². The van der Waals surface area contributed by atoms with Crippen LogP contribution in [0.3, 0.4) is 0 Å². The van der Waals surface area contributed by atoms with Crippen LogP contribution in [0.1, 0.15) is 60.3 Å². The number of carbonyl (C=O) groups excluding carboxylic acids is 2. The van der Waals surface area contributed by atoms with Crippen LogP contribution in [0.2, 0.25) is 0 Å². The van der Waals surface area contributed by atoms with E-state index in [1.165, 1.54) is 0 Å². The lowest BCUT2D eigenvalue weighted by Gasteiger charge is -2.25. The zero-order valence-electron chi connectivity index (χ0n) is 15.3. The summed E-state index contributed by atoms with van der Waals surface area (Å²) in [5, 5.41) is 9.06. The van der Waals surface area contributed by atoms with Gasteiger partial charge in [-0.3, -0.25) is 4.79 Å². The lowest BCUT2D eigenvalue weighted by atomic mass is 9.86. The molecule has 0 saturated heterocycles. The number of hydrogen-bond donors (Lipinski definition) is 3. The number of urea groups is 1. The van der Waals surface area contributed by atoms with Crippen molar-refractivity contribution in [1.29, 1.82) is 0 Å². The van der Waals surface area contributed by atoms with Crippen LogP contribution in [0.4, 0.5) is 4.79 Å². The molecule has 0 aromatic heterocycles. The second-order valence-electron chi connectivity index (χ2n) is 9.35. The molecule has 0 aliphatic heterocycles. The molecule has 2 rings (SSSR count). The largest absolute Gasteiger partial charge is 0.355 e. The first-order chi connectivity index (χ1) is 10.6. The molecule has 0 radical (unpaired) electrons. The van der Waals surface area contributed by atoms with E-state index in [0.717, 1.165) is 32.2 Å². The molecule has 5 nitrogen and oxygen atoms in total. The predicted octanol–water partition coefficient (Wildman–Crippen LogP) is 2.66. The van der Waals surface area contributed by atoms with Crippen LogP contribution < -0.4 is 16.0 Å². The Balaban J connectivity index is 1.63. The second-order valence-corrected chi connectivity index (χ2v) is 9.35. The summed E-state index contributed by atoms with van der Waals surface area (Å²) in [5.74, 6) is 1.01. The fourth-order valence-corrected chi connectivity index (χ4v) is 2.81. The third kappa shape index (κ3) is 6.80. The lowest BCUT2D eigenvalue weighted by molar-refractivity contribution is -0.122. The maximum Gasteiger partial charge on any atom is 0.315 e. The van der Waals surface area contributed by atoms with Crippen molar-refractivity contribution in [2.24, 2.45) is 22.7 Å². The maximum atomic E-state index is 11.9. The Hall–Kier alpha value is -1.26. The molecular formula is C18H33N3O2. The number of nitrogens with one attached hydrogen (secondary N) is 3. The minimum atomic E-state index is -0.0627. The Morgan fingerprint density at radius 3 is 2.22 bits per heavy atom. The third-order valence-corrected chi connectivity index (χ3v) is 4.52. The van der Waals surface area contributed by atoms with Crippen molar-refractivity contribution in [2.75, 3.05) is 13.1 Å². The highest BCUT2D eigenvalue weighted by molar-refractivity contribution is 5.80. The minimum Gasteiger partial charge on any atom is -0.355 e. The summed E-state index contributed by atoms with van der Waals surface area (Å²) >= 11 is 0. The highest BCUT2D eigenvalue weighted by Gasteiger charge is 2.42. The van der Waals surface area contributed by atoms with Gasteiger partial charge in [-0.1, -0.05) is 34.6 Å². The van der Waals surface area contributed by atoms with Crippen LogP contribution in [0.5, 0.6) is 0 Å². The average Bonchev–Trinajstić information content (AvgIpc) is 3.30. The van der Waals surface area contributed by atoms with Crippen LogP contribution in [-0.4, -0.2) is 31.1 Å². The molecule has 5 heteroatoms. The van der Waals surface area contributed by atoms with Gasteiger partial charge in [-0.25, -0.2) is 4.79 Å². The monoisotopic (exact) mass is 323 g/mol. The maximum absolute atomic E-state index is 11.9. The van der Waals surface area contributed by atoms with Crippen LogP contribution in [-0.2, 0) is 4.79 Å². The van der Waals surface area contributed by atoms with E-state index in [2.05, 4.69) is 50.6 Å². The molecule has 23 heavy (non-hydrogen) atoms. The van der Waals surface area contributed by atoms with Gasteiger partial charge in [0.2, 0.25) is 5.91 Å². The summed E-state index contributed by atoms with van der Waals surface area (Å²) in [5.41, 5.74) is 0.176. The van der Waals surface area contributed by atoms with Gasteiger partial charge in [0.15, 0.2) is 0 Å². The summed E-state index contributed by atoms with van der Waals surface area (Å²) in [6.45, 7) is 12.1. The normalized spacial score (nSPS) is 24.0. The van der Waals surface area contributed by atoms with Crippen molar-refractivity contribution in [3.8, 4) is 0 Å². The Bertz CT molecular complexity index is 450. The predicted molar refractivity (Wildman–Crippen MR) is 92.0 cm³/mol. The highest BCUT2D eigenvalue weighted by Crippen LogP contribution is 2.40. The zero-order chi connectivity index (χ0) is 17.3. The Labute approximate surface area is 140 Å². The van der Waals surface area contributed by atoms with E-state index in [9.17, 15) is 9.59 Å². The van der Waals surface area contributed by atoms with E-state index in [4.69, 9.17) is 0 Å². The molecule has 2 fully saturated rings. The van der Waals surface area contributed by atoms with Gasteiger partial charge in [-0.05, 0) is 42.4 Å². The van der Waals surface area contributed by atoms with E-state index in [-0.39, 0.29) is 34.7 Å². The molecule has 3 amide bonds. The van der Waals surface area contributed by atoms with E-state index in [0.29, 0.717) is 12.5 Å². The molecule has 2 unspecified atom stereocenters. The number of amides is 3. The molecule has 2 saturated carbocycles. The third-order valence-electron chi connectivity index (χ3n) is 4.52. The molecule has 0 bridgehead atoms. The first-order valence-electron chi connectivity index (χ1n) is 8.88. The molecule has 0 spiro atoms. The van der Waals surface area contributed by atoms with Gasteiger partial charge in [0.25, 0.3) is 0 Å². The van der Waals surface area contributed by atoms with Gasteiger partial charge in [-0.15, -0.1) is 0 Å². The molecule has 0 aromatic rings. The Morgan fingerprint density at radius 2 is 1.65 bits per heavy atom. The molecular weight excluding hydrogens is 290 g/mol. The van der Waals surface area contributed by atoms with Crippen LogP contribution in [0, 0.1) is 22.7 Å². The van der Waals surface area contributed by atoms with Crippen LogP contribution in [0.15, 0.2) is 0 Å². The standard InChI is InChI=1S/C18H33N3O2/c1-17(2,3)10-20-16(23)21-14-8-13(14)9-18(4,5)11-19-15(22)12-6-7-12/h12-14H,6-11H2,1-5H3,(H,19,22)(H2,20,21,23). The van der Waals surface area contributed by atoms with Gasteiger partial charge in [0.1, 0.15) is 0 Å². The van der Waals surface area contributed by atoms with Crippen molar-refractivity contribution in [2.45, 2.75) is 66.3 Å². The number of carbonyl (C=O) groups is 2. The second kappa shape index (κ2) is 6.70.